The Morgan fingerprint density at radius 2 is 1.88 bits per heavy atom. The molecule has 0 aromatic heterocycles. The van der Waals surface area contributed by atoms with E-state index in [4.69, 9.17) is 10.5 Å². The number of hydrogen-bond acceptors (Lipinski definition) is 6. The molecule has 1 aromatic rings. The Labute approximate surface area is 159 Å². The number of esters is 1. The molecule has 0 unspecified atom stereocenters. The monoisotopic (exact) mass is 387 g/mol. The molecule has 0 aliphatic carbocycles. The number of carbonyl (C=O) groups is 3. The maximum Gasteiger partial charge on any atom is 0.343 e. The fourth-order valence-corrected chi connectivity index (χ4v) is 1.80. The van der Waals surface area contributed by atoms with Crippen LogP contribution in [0.1, 0.15) is 19.4 Å². The summed E-state index contributed by atoms with van der Waals surface area (Å²) in [5.41, 5.74) is 6.49. The molecule has 8 nitrogen and oxygen atoms in total. The van der Waals surface area contributed by atoms with Crippen molar-refractivity contribution < 1.29 is 23.9 Å². The predicted molar refractivity (Wildman–Crippen MR) is 98.9 cm³/mol. The van der Waals surface area contributed by atoms with E-state index in [1.807, 2.05) is 13.8 Å². The van der Waals surface area contributed by atoms with Crippen LogP contribution >= 0.6 is 12.4 Å². The summed E-state index contributed by atoms with van der Waals surface area (Å²) in [7, 11) is 1.28. The molecule has 26 heavy (non-hydrogen) atoms. The SMILES string of the molecule is COC(=O)COc1cccc(CNC(=O)CNC(=O)[C@@H](N)C(C)C)c1.Cl. The number of carbonyl (C=O) groups excluding carboxylic acids is 3. The number of methoxy groups -OCH3 is 1. The van der Waals surface area contributed by atoms with Gasteiger partial charge in [0.25, 0.3) is 0 Å². The largest absolute Gasteiger partial charge is 0.482 e. The fraction of sp³-hybridized carbons (Fsp3) is 0.471. The van der Waals surface area contributed by atoms with E-state index in [1.165, 1.54) is 7.11 Å². The van der Waals surface area contributed by atoms with E-state index >= 15 is 0 Å². The lowest BCUT2D eigenvalue weighted by atomic mass is 10.1. The third-order valence-electron chi connectivity index (χ3n) is 3.42. The molecule has 2 amide bonds. The molecule has 0 heterocycles. The number of nitrogens with two attached hydrogens (primary N) is 1. The third-order valence-corrected chi connectivity index (χ3v) is 3.42. The number of hydrogen-bond donors (Lipinski definition) is 3. The first kappa shape index (κ1) is 23.7. The standard InChI is InChI=1S/C17H25N3O5.ClH/c1-11(2)16(18)17(23)20-9-14(21)19-8-12-5-4-6-13(7-12)25-10-15(22)24-3;/h4-7,11,16H,8-10,18H2,1-3H3,(H,19,21)(H,20,23);1H/t16-;/m0./s1. The lowest BCUT2D eigenvalue weighted by Crippen LogP contribution is -2.47. The van der Waals surface area contributed by atoms with Gasteiger partial charge in [0.2, 0.25) is 11.8 Å². The Hall–Kier alpha value is -2.32. The van der Waals surface area contributed by atoms with Crippen molar-refractivity contribution in [1.82, 2.24) is 10.6 Å². The number of benzene rings is 1. The van der Waals surface area contributed by atoms with Crippen molar-refractivity contribution in [1.29, 1.82) is 0 Å². The van der Waals surface area contributed by atoms with Crippen molar-refractivity contribution in [2.24, 2.45) is 11.7 Å². The van der Waals surface area contributed by atoms with Crippen LogP contribution in [0.4, 0.5) is 0 Å². The number of nitrogens with one attached hydrogen (secondary N) is 2. The zero-order valence-electron chi connectivity index (χ0n) is 15.1. The molecule has 0 saturated carbocycles. The first-order valence-electron chi connectivity index (χ1n) is 7.92. The van der Waals surface area contributed by atoms with Gasteiger partial charge in [-0.25, -0.2) is 4.79 Å². The van der Waals surface area contributed by atoms with Gasteiger partial charge in [0.15, 0.2) is 6.61 Å². The summed E-state index contributed by atoms with van der Waals surface area (Å²) in [5.74, 6) is -0.674. The molecule has 4 N–H and O–H groups in total. The molecule has 0 aliphatic heterocycles. The Bertz CT molecular complexity index is 610. The van der Waals surface area contributed by atoms with Crippen LogP contribution in [0.3, 0.4) is 0 Å². The average Bonchev–Trinajstić information content (AvgIpc) is 2.61. The molecular formula is C17H26ClN3O5. The number of halogens is 1. The molecule has 0 spiro atoms. The second kappa shape index (κ2) is 12.1. The highest BCUT2D eigenvalue weighted by molar-refractivity contribution is 5.87. The van der Waals surface area contributed by atoms with Gasteiger partial charge in [-0.05, 0) is 23.6 Å². The van der Waals surface area contributed by atoms with Gasteiger partial charge >= 0.3 is 5.97 Å². The minimum Gasteiger partial charge on any atom is -0.482 e. The van der Waals surface area contributed by atoms with E-state index in [1.54, 1.807) is 24.3 Å². The van der Waals surface area contributed by atoms with Gasteiger partial charge in [-0.2, -0.15) is 0 Å². The van der Waals surface area contributed by atoms with E-state index in [2.05, 4.69) is 15.4 Å². The molecule has 0 saturated heterocycles. The zero-order chi connectivity index (χ0) is 18.8. The minimum atomic E-state index is -0.642. The van der Waals surface area contributed by atoms with Crippen LogP contribution in [0.15, 0.2) is 24.3 Å². The van der Waals surface area contributed by atoms with Crippen LogP contribution in [0.5, 0.6) is 5.75 Å². The smallest absolute Gasteiger partial charge is 0.343 e. The highest BCUT2D eigenvalue weighted by atomic mass is 35.5. The van der Waals surface area contributed by atoms with Gasteiger partial charge in [-0.1, -0.05) is 26.0 Å². The van der Waals surface area contributed by atoms with Crippen molar-refractivity contribution in [3.05, 3.63) is 29.8 Å². The van der Waals surface area contributed by atoms with Gasteiger partial charge in [-0.15, -0.1) is 12.4 Å². The maximum absolute atomic E-state index is 11.8. The number of ether oxygens (including phenoxy) is 2. The summed E-state index contributed by atoms with van der Waals surface area (Å²) in [5, 5.41) is 5.18. The Kier molecular flexibility index (Phi) is 11.0. The molecule has 0 fully saturated rings. The summed E-state index contributed by atoms with van der Waals surface area (Å²) < 4.78 is 9.77. The van der Waals surface area contributed by atoms with Crippen LogP contribution in [0.2, 0.25) is 0 Å². The van der Waals surface area contributed by atoms with Gasteiger partial charge in [0, 0.05) is 6.54 Å². The van der Waals surface area contributed by atoms with Crippen molar-refractivity contribution in [2.75, 3.05) is 20.3 Å². The molecule has 146 valence electrons. The van der Waals surface area contributed by atoms with Crippen LogP contribution in [-0.4, -0.2) is 44.1 Å². The zero-order valence-corrected chi connectivity index (χ0v) is 15.9. The average molecular weight is 388 g/mol. The summed E-state index contributed by atoms with van der Waals surface area (Å²) >= 11 is 0. The topological polar surface area (TPSA) is 120 Å². The Balaban J connectivity index is 0.00000625. The Morgan fingerprint density at radius 1 is 1.19 bits per heavy atom. The van der Waals surface area contributed by atoms with Crippen LogP contribution in [0.25, 0.3) is 0 Å². The highest BCUT2D eigenvalue weighted by Gasteiger charge is 2.17. The molecule has 0 radical (unpaired) electrons. The fourth-order valence-electron chi connectivity index (χ4n) is 1.80. The lowest BCUT2D eigenvalue weighted by molar-refractivity contribution is -0.142. The molecule has 1 rings (SSSR count). The summed E-state index contributed by atoms with van der Waals surface area (Å²) in [6, 6.07) is 6.31. The van der Waals surface area contributed by atoms with Crippen molar-refractivity contribution >= 4 is 30.2 Å². The summed E-state index contributed by atoms with van der Waals surface area (Å²) in [6.07, 6.45) is 0. The van der Waals surface area contributed by atoms with Gasteiger partial charge in [0.05, 0.1) is 19.7 Å². The summed E-state index contributed by atoms with van der Waals surface area (Å²) in [6.45, 7) is 3.60. The Morgan fingerprint density at radius 3 is 2.50 bits per heavy atom. The normalized spacial score (nSPS) is 11.1. The number of amides is 2. The van der Waals surface area contributed by atoms with Crippen LogP contribution in [-0.2, 0) is 25.7 Å². The van der Waals surface area contributed by atoms with E-state index in [0.29, 0.717) is 5.75 Å². The van der Waals surface area contributed by atoms with E-state index in [0.717, 1.165) is 5.56 Å². The molecular weight excluding hydrogens is 362 g/mol. The first-order chi connectivity index (χ1) is 11.8. The second-order valence-corrected chi connectivity index (χ2v) is 5.78. The molecule has 9 heteroatoms. The quantitative estimate of drug-likeness (QED) is 0.527. The maximum atomic E-state index is 11.8. The first-order valence-corrected chi connectivity index (χ1v) is 7.92. The van der Waals surface area contributed by atoms with Gasteiger partial charge < -0.3 is 25.8 Å². The van der Waals surface area contributed by atoms with E-state index in [9.17, 15) is 14.4 Å². The molecule has 0 aliphatic rings. The molecule has 0 bridgehead atoms. The van der Waals surface area contributed by atoms with E-state index in [-0.39, 0.29) is 49.8 Å². The van der Waals surface area contributed by atoms with Crippen molar-refractivity contribution in [3.63, 3.8) is 0 Å². The van der Waals surface area contributed by atoms with Crippen molar-refractivity contribution in [2.45, 2.75) is 26.4 Å². The van der Waals surface area contributed by atoms with Crippen LogP contribution < -0.4 is 21.1 Å². The molecule has 1 aromatic carbocycles. The summed E-state index contributed by atoms with van der Waals surface area (Å²) in [4.78, 5) is 34.5. The third kappa shape index (κ3) is 8.68. The minimum absolute atomic E-state index is 0. The molecule has 1 atom stereocenters. The second-order valence-electron chi connectivity index (χ2n) is 5.78. The highest BCUT2D eigenvalue weighted by Crippen LogP contribution is 2.13. The van der Waals surface area contributed by atoms with E-state index < -0.39 is 12.0 Å². The van der Waals surface area contributed by atoms with Gasteiger partial charge in [-0.3, -0.25) is 9.59 Å². The lowest BCUT2D eigenvalue weighted by Gasteiger charge is -2.15. The predicted octanol–water partition coefficient (Wildman–Crippen LogP) is 0.376. The number of rotatable bonds is 9. The van der Waals surface area contributed by atoms with Crippen LogP contribution in [0, 0.1) is 5.92 Å². The van der Waals surface area contributed by atoms with Crippen molar-refractivity contribution in [3.8, 4) is 5.75 Å². The van der Waals surface area contributed by atoms with Gasteiger partial charge in [0.1, 0.15) is 5.75 Å².